The summed E-state index contributed by atoms with van der Waals surface area (Å²) >= 11 is 1.76. The molecule has 4 heteroatoms. The van der Waals surface area contributed by atoms with E-state index >= 15 is 0 Å². The van der Waals surface area contributed by atoms with Gasteiger partial charge in [0.25, 0.3) is 0 Å². The minimum absolute atomic E-state index is 0.0617. The Morgan fingerprint density at radius 3 is 2.94 bits per heavy atom. The molecule has 16 heavy (non-hydrogen) atoms. The van der Waals surface area contributed by atoms with E-state index < -0.39 is 5.97 Å². The van der Waals surface area contributed by atoms with Crippen LogP contribution in [0.2, 0.25) is 0 Å². The summed E-state index contributed by atoms with van der Waals surface area (Å²) in [7, 11) is 0. The average Bonchev–Trinajstić information content (AvgIpc) is 2.96. The van der Waals surface area contributed by atoms with Crippen LogP contribution in [0.1, 0.15) is 24.8 Å². The maximum absolute atomic E-state index is 10.7. The number of pyridine rings is 1. The van der Waals surface area contributed by atoms with Crippen LogP contribution in [-0.2, 0) is 4.79 Å². The highest BCUT2D eigenvalue weighted by Gasteiger charge is 2.44. The number of carboxylic acid groups (broad SMARTS) is 1. The molecule has 1 heterocycles. The van der Waals surface area contributed by atoms with Crippen molar-refractivity contribution < 1.29 is 9.90 Å². The highest BCUT2D eigenvalue weighted by Crippen LogP contribution is 2.52. The van der Waals surface area contributed by atoms with E-state index in [4.69, 9.17) is 5.11 Å². The van der Waals surface area contributed by atoms with Gasteiger partial charge in [0.05, 0.1) is 6.42 Å². The largest absolute Gasteiger partial charge is 0.481 e. The number of nitrogens with zero attached hydrogens (tertiary/aromatic N) is 1. The first kappa shape index (κ1) is 11.5. The molecule has 1 N–H and O–H groups in total. The molecule has 1 aliphatic rings. The van der Waals surface area contributed by atoms with Gasteiger partial charge in [-0.1, -0.05) is 0 Å². The zero-order chi connectivity index (χ0) is 11.6. The number of rotatable bonds is 5. The maximum Gasteiger partial charge on any atom is 0.303 e. The fraction of sp³-hybridized carbons (Fsp3) is 0.500. The molecule has 1 aromatic rings. The third-order valence-corrected chi connectivity index (χ3v) is 4.51. The number of aromatic nitrogens is 1. The summed E-state index contributed by atoms with van der Waals surface area (Å²) in [5.41, 5.74) is 1.23. The van der Waals surface area contributed by atoms with Gasteiger partial charge in [-0.3, -0.25) is 9.78 Å². The fourth-order valence-electron chi connectivity index (χ4n) is 1.72. The lowest BCUT2D eigenvalue weighted by Gasteiger charge is -2.12. The van der Waals surface area contributed by atoms with Crippen LogP contribution < -0.4 is 0 Å². The van der Waals surface area contributed by atoms with Crippen LogP contribution in [0.15, 0.2) is 23.4 Å². The van der Waals surface area contributed by atoms with E-state index in [-0.39, 0.29) is 5.41 Å². The number of aliphatic carboxylic acids is 1. The summed E-state index contributed by atoms with van der Waals surface area (Å²) in [6.07, 6.45) is 6.04. The Morgan fingerprint density at radius 2 is 2.38 bits per heavy atom. The molecule has 0 amide bonds. The van der Waals surface area contributed by atoms with E-state index in [1.165, 1.54) is 10.5 Å². The molecule has 0 spiro atoms. The van der Waals surface area contributed by atoms with Crippen LogP contribution in [0.3, 0.4) is 0 Å². The highest BCUT2D eigenvalue weighted by atomic mass is 32.2. The topological polar surface area (TPSA) is 50.2 Å². The van der Waals surface area contributed by atoms with Crippen LogP contribution in [0, 0.1) is 12.3 Å². The van der Waals surface area contributed by atoms with Crippen molar-refractivity contribution in [3.05, 3.63) is 24.0 Å². The summed E-state index contributed by atoms with van der Waals surface area (Å²) in [6, 6.07) is 2.00. The lowest BCUT2D eigenvalue weighted by molar-refractivity contribution is -0.138. The molecule has 1 aromatic heterocycles. The van der Waals surface area contributed by atoms with Gasteiger partial charge in [0.15, 0.2) is 0 Å². The molecule has 0 aromatic carbocycles. The third kappa shape index (κ3) is 2.76. The Kier molecular flexibility index (Phi) is 3.19. The van der Waals surface area contributed by atoms with Gasteiger partial charge in [0.1, 0.15) is 0 Å². The van der Waals surface area contributed by atoms with E-state index in [1.807, 2.05) is 19.2 Å². The predicted octanol–water partition coefficient (Wildman–Crippen LogP) is 2.74. The normalized spacial score (nSPS) is 17.1. The Hall–Kier alpha value is -1.03. The molecule has 0 unspecified atom stereocenters. The van der Waals surface area contributed by atoms with Crippen LogP contribution >= 0.6 is 11.8 Å². The zero-order valence-electron chi connectivity index (χ0n) is 9.27. The molecule has 0 bridgehead atoms. The number of hydrogen-bond donors (Lipinski definition) is 1. The Balaban J connectivity index is 1.93. The van der Waals surface area contributed by atoms with Crippen molar-refractivity contribution >= 4 is 17.7 Å². The van der Waals surface area contributed by atoms with E-state index in [1.54, 1.807) is 18.0 Å². The fourth-order valence-corrected chi connectivity index (χ4v) is 3.01. The lowest BCUT2D eigenvalue weighted by atomic mass is 10.1. The first-order valence-corrected chi connectivity index (χ1v) is 6.35. The molecular weight excluding hydrogens is 222 g/mol. The van der Waals surface area contributed by atoms with Crippen LogP contribution in [0.5, 0.6) is 0 Å². The number of carbonyl (C=O) groups is 1. The van der Waals surface area contributed by atoms with E-state index in [9.17, 15) is 4.79 Å². The Bertz CT molecular complexity index is 402. The van der Waals surface area contributed by atoms with Gasteiger partial charge in [-0.25, -0.2) is 0 Å². The highest BCUT2D eigenvalue weighted by molar-refractivity contribution is 7.99. The van der Waals surface area contributed by atoms with Crippen LogP contribution in [0.4, 0.5) is 0 Å². The van der Waals surface area contributed by atoms with Gasteiger partial charge in [-0.2, -0.15) is 0 Å². The second kappa shape index (κ2) is 4.45. The van der Waals surface area contributed by atoms with Gasteiger partial charge in [0, 0.05) is 23.0 Å². The molecule has 0 radical (unpaired) electrons. The van der Waals surface area contributed by atoms with E-state index in [0.717, 1.165) is 18.6 Å². The van der Waals surface area contributed by atoms with Crippen molar-refractivity contribution in [2.75, 3.05) is 5.75 Å². The van der Waals surface area contributed by atoms with Crippen molar-refractivity contribution in [2.45, 2.75) is 31.1 Å². The maximum atomic E-state index is 10.7. The summed E-state index contributed by atoms with van der Waals surface area (Å²) in [4.78, 5) is 16.0. The van der Waals surface area contributed by atoms with Gasteiger partial charge in [-0.05, 0) is 36.8 Å². The van der Waals surface area contributed by atoms with Crippen molar-refractivity contribution in [1.82, 2.24) is 4.98 Å². The first-order chi connectivity index (χ1) is 7.61. The van der Waals surface area contributed by atoms with Crippen molar-refractivity contribution in [3.8, 4) is 0 Å². The monoisotopic (exact) mass is 237 g/mol. The molecule has 0 aliphatic heterocycles. The third-order valence-electron chi connectivity index (χ3n) is 2.99. The van der Waals surface area contributed by atoms with Gasteiger partial charge in [0.2, 0.25) is 0 Å². The summed E-state index contributed by atoms with van der Waals surface area (Å²) in [6.45, 7) is 2.03. The molecule has 86 valence electrons. The minimum Gasteiger partial charge on any atom is -0.481 e. The summed E-state index contributed by atoms with van der Waals surface area (Å²) in [5.74, 6) is 0.231. The van der Waals surface area contributed by atoms with Crippen molar-refractivity contribution in [2.24, 2.45) is 5.41 Å². The van der Waals surface area contributed by atoms with Gasteiger partial charge < -0.3 is 5.11 Å². The number of hydrogen-bond acceptors (Lipinski definition) is 3. The van der Waals surface area contributed by atoms with E-state index in [2.05, 4.69) is 4.98 Å². The second-order valence-electron chi connectivity index (χ2n) is 4.50. The Labute approximate surface area is 99.3 Å². The molecule has 0 saturated heterocycles. The molecular formula is C12H15NO2S. The quantitative estimate of drug-likeness (QED) is 0.800. The van der Waals surface area contributed by atoms with Crippen LogP contribution in [0.25, 0.3) is 0 Å². The SMILES string of the molecule is Cc1cnccc1SCC1(CC(=O)O)CC1. The van der Waals surface area contributed by atoms with Crippen LogP contribution in [-0.4, -0.2) is 21.8 Å². The van der Waals surface area contributed by atoms with Crippen molar-refractivity contribution in [1.29, 1.82) is 0 Å². The van der Waals surface area contributed by atoms with Gasteiger partial charge in [-0.15, -0.1) is 11.8 Å². The molecule has 1 aliphatic carbocycles. The number of thioether (sulfide) groups is 1. The van der Waals surface area contributed by atoms with E-state index in [0.29, 0.717) is 6.42 Å². The number of carboxylic acids is 1. The van der Waals surface area contributed by atoms with Gasteiger partial charge >= 0.3 is 5.97 Å². The molecule has 1 saturated carbocycles. The summed E-state index contributed by atoms with van der Waals surface area (Å²) < 4.78 is 0. The smallest absolute Gasteiger partial charge is 0.303 e. The lowest BCUT2D eigenvalue weighted by Crippen LogP contribution is -2.11. The standard InChI is InChI=1S/C12H15NO2S/c1-9-7-13-5-2-10(9)16-8-12(3-4-12)6-11(14)15/h2,5,7H,3-4,6,8H2,1H3,(H,14,15). The molecule has 2 rings (SSSR count). The molecule has 3 nitrogen and oxygen atoms in total. The zero-order valence-corrected chi connectivity index (χ0v) is 10.1. The number of aryl methyl sites for hydroxylation is 1. The molecule has 0 atom stereocenters. The second-order valence-corrected chi connectivity index (χ2v) is 5.52. The molecule has 1 fully saturated rings. The first-order valence-electron chi connectivity index (χ1n) is 5.37. The minimum atomic E-state index is -0.676. The summed E-state index contributed by atoms with van der Waals surface area (Å²) in [5, 5.41) is 8.82. The van der Waals surface area contributed by atoms with Crippen molar-refractivity contribution in [3.63, 3.8) is 0 Å². The Morgan fingerprint density at radius 1 is 1.62 bits per heavy atom. The average molecular weight is 237 g/mol. The predicted molar refractivity (Wildman–Crippen MR) is 63.6 cm³/mol.